The van der Waals surface area contributed by atoms with E-state index in [1.807, 2.05) is 6.92 Å². The Balaban J connectivity index is 2.05. The molecule has 0 unspecified atom stereocenters. The predicted octanol–water partition coefficient (Wildman–Crippen LogP) is 3.74. The Morgan fingerprint density at radius 1 is 1.26 bits per heavy atom. The highest BCUT2D eigenvalue weighted by Gasteiger charge is 2.08. The lowest BCUT2D eigenvalue weighted by molar-refractivity contribution is 0.0955. The zero-order chi connectivity index (χ0) is 16.8. The zero-order valence-corrected chi connectivity index (χ0v) is 13.9. The molecule has 0 aromatic heterocycles. The molecule has 0 heterocycles. The monoisotopic (exact) mass is 351 g/mol. The van der Waals surface area contributed by atoms with E-state index >= 15 is 0 Å². The summed E-state index contributed by atoms with van der Waals surface area (Å²) in [7, 11) is 0. The number of hydrogen-bond donors (Lipinski definition) is 2. The third-order valence-electron chi connectivity index (χ3n) is 2.86. The molecule has 5 nitrogen and oxygen atoms in total. The fourth-order valence-corrected chi connectivity index (χ4v) is 2.41. The van der Waals surface area contributed by atoms with Crippen LogP contribution >= 0.6 is 23.2 Å². The summed E-state index contributed by atoms with van der Waals surface area (Å²) in [5.74, 6) is 0.0864. The van der Waals surface area contributed by atoms with E-state index in [1.54, 1.807) is 36.4 Å². The first-order valence-corrected chi connectivity index (χ1v) is 7.57. The summed E-state index contributed by atoms with van der Waals surface area (Å²) in [6.45, 7) is 2.30. The van der Waals surface area contributed by atoms with Crippen molar-refractivity contribution in [1.29, 1.82) is 0 Å². The van der Waals surface area contributed by atoms with Crippen molar-refractivity contribution in [2.45, 2.75) is 6.92 Å². The highest BCUT2D eigenvalue weighted by molar-refractivity contribution is 6.37. The van der Waals surface area contributed by atoms with Crippen molar-refractivity contribution in [1.82, 2.24) is 5.43 Å². The summed E-state index contributed by atoms with van der Waals surface area (Å²) in [5, 5.41) is 4.64. The SMILES string of the molecule is CCOc1c(Cl)cc(/C=N\NC(=O)c2ccc(N)cc2)cc1Cl. The molecule has 0 spiro atoms. The standard InChI is InChI=1S/C16H15Cl2N3O2/c1-2-23-15-13(17)7-10(8-14(15)18)9-20-21-16(22)11-3-5-12(19)6-4-11/h3-9H,2,19H2,1H3,(H,21,22)/b20-9-. The fraction of sp³-hybridized carbons (Fsp3) is 0.125. The van der Waals surface area contributed by atoms with Crippen molar-refractivity contribution >= 4 is 41.0 Å². The van der Waals surface area contributed by atoms with E-state index in [-0.39, 0.29) is 5.91 Å². The molecule has 1 amide bonds. The Bertz CT molecular complexity index is 708. The Kier molecular flexibility index (Phi) is 5.84. The Morgan fingerprint density at radius 2 is 1.87 bits per heavy atom. The molecule has 2 aromatic rings. The minimum atomic E-state index is -0.343. The first-order chi connectivity index (χ1) is 11.0. The van der Waals surface area contributed by atoms with Gasteiger partial charge in [0.25, 0.3) is 5.91 Å². The summed E-state index contributed by atoms with van der Waals surface area (Å²) in [4.78, 5) is 11.9. The van der Waals surface area contributed by atoms with Crippen molar-refractivity contribution in [2.75, 3.05) is 12.3 Å². The second-order valence-electron chi connectivity index (χ2n) is 4.57. The van der Waals surface area contributed by atoms with Gasteiger partial charge in [-0.2, -0.15) is 5.10 Å². The smallest absolute Gasteiger partial charge is 0.271 e. The minimum absolute atomic E-state index is 0.343. The van der Waals surface area contributed by atoms with Crippen LogP contribution in [0.25, 0.3) is 0 Å². The topological polar surface area (TPSA) is 76.7 Å². The number of ether oxygens (including phenoxy) is 1. The number of nitrogens with zero attached hydrogens (tertiary/aromatic N) is 1. The number of amides is 1. The number of rotatable bonds is 5. The predicted molar refractivity (Wildman–Crippen MR) is 93.5 cm³/mol. The number of hydrazone groups is 1. The average molecular weight is 352 g/mol. The van der Waals surface area contributed by atoms with Crippen LogP contribution in [-0.2, 0) is 0 Å². The number of nitrogens with two attached hydrogens (primary N) is 1. The molecule has 0 atom stereocenters. The maximum Gasteiger partial charge on any atom is 0.271 e. The molecule has 0 aliphatic heterocycles. The van der Waals surface area contributed by atoms with Crippen molar-refractivity contribution < 1.29 is 9.53 Å². The van der Waals surface area contributed by atoms with Crippen molar-refractivity contribution in [2.24, 2.45) is 5.10 Å². The van der Waals surface area contributed by atoms with Crippen LogP contribution in [0.1, 0.15) is 22.8 Å². The van der Waals surface area contributed by atoms with Crippen LogP contribution in [0.3, 0.4) is 0 Å². The Morgan fingerprint density at radius 3 is 2.43 bits per heavy atom. The number of halogens is 2. The van der Waals surface area contributed by atoms with Gasteiger partial charge in [-0.3, -0.25) is 4.79 Å². The molecular weight excluding hydrogens is 337 g/mol. The molecule has 0 saturated heterocycles. The molecule has 2 aromatic carbocycles. The van der Waals surface area contributed by atoms with Gasteiger partial charge in [0.2, 0.25) is 0 Å². The van der Waals surface area contributed by atoms with E-state index in [9.17, 15) is 4.79 Å². The molecule has 0 aliphatic rings. The van der Waals surface area contributed by atoms with E-state index in [4.69, 9.17) is 33.7 Å². The van der Waals surface area contributed by atoms with Gasteiger partial charge in [0.15, 0.2) is 5.75 Å². The van der Waals surface area contributed by atoms with Crippen LogP contribution in [0.4, 0.5) is 5.69 Å². The third-order valence-corrected chi connectivity index (χ3v) is 3.42. The van der Waals surface area contributed by atoms with E-state index in [2.05, 4.69) is 10.5 Å². The van der Waals surface area contributed by atoms with Gasteiger partial charge in [-0.25, -0.2) is 5.43 Å². The lowest BCUT2D eigenvalue weighted by Crippen LogP contribution is -2.17. The molecule has 0 radical (unpaired) electrons. The summed E-state index contributed by atoms with van der Waals surface area (Å²) >= 11 is 12.2. The van der Waals surface area contributed by atoms with Crippen LogP contribution in [0.2, 0.25) is 10.0 Å². The highest BCUT2D eigenvalue weighted by Crippen LogP contribution is 2.33. The number of benzene rings is 2. The number of carbonyl (C=O) groups excluding carboxylic acids is 1. The van der Waals surface area contributed by atoms with Crippen LogP contribution in [0.15, 0.2) is 41.5 Å². The first kappa shape index (κ1) is 17.1. The van der Waals surface area contributed by atoms with Crippen LogP contribution in [-0.4, -0.2) is 18.7 Å². The molecule has 2 rings (SSSR count). The lowest BCUT2D eigenvalue weighted by atomic mass is 10.2. The van der Waals surface area contributed by atoms with Crippen molar-refractivity contribution in [3.8, 4) is 5.75 Å². The zero-order valence-electron chi connectivity index (χ0n) is 12.3. The molecule has 3 N–H and O–H groups in total. The van der Waals surface area contributed by atoms with E-state index in [0.717, 1.165) is 0 Å². The molecule has 0 saturated carbocycles. The van der Waals surface area contributed by atoms with Crippen molar-refractivity contribution in [3.05, 3.63) is 57.6 Å². The maximum absolute atomic E-state index is 11.9. The quantitative estimate of drug-likeness (QED) is 0.489. The summed E-state index contributed by atoms with van der Waals surface area (Å²) in [6.07, 6.45) is 1.45. The number of hydrogen-bond acceptors (Lipinski definition) is 4. The average Bonchev–Trinajstić information content (AvgIpc) is 2.51. The van der Waals surface area contributed by atoms with Gasteiger partial charge >= 0.3 is 0 Å². The lowest BCUT2D eigenvalue weighted by Gasteiger charge is -2.08. The summed E-state index contributed by atoms with van der Waals surface area (Å²) < 4.78 is 5.34. The molecule has 120 valence electrons. The van der Waals surface area contributed by atoms with Gasteiger partial charge < -0.3 is 10.5 Å². The summed E-state index contributed by atoms with van der Waals surface area (Å²) in [5.41, 5.74) is 9.67. The first-order valence-electron chi connectivity index (χ1n) is 6.82. The van der Waals surface area contributed by atoms with Gasteiger partial charge in [0, 0.05) is 11.3 Å². The van der Waals surface area contributed by atoms with E-state index in [0.29, 0.717) is 39.2 Å². The minimum Gasteiger partial charge on any atom is -0.491 e. The van der Waals surface area contributed by atoms with Gasteiger partial charge in [0.05, 0.1) is 22.9 Å². The van der Waals surface area contributed by atoms with Gasteiger partial charge in [-0.05, 0) is 48.9 Å². The van der Waals surface area contributed by atoms with Gasteiger partial charge in [0.1, 0.15) is 0 Å². The van der Waals surface area contributed by atoms with Crippen LogP contribution in [0, 0.1) is 0 Å². The summed E-state index contributed by atoms with van der Waals surface area (Å²) in [6, 6.07) is 9.82. The molecule has 0 fully saturated rings. The second kappa shape index (κ2) is 7.85. The molecule has 7 heteroatoms. The van der Waals surface area contributed by atoms with Gasteiger partial charge in [-0.1, -0.05) is 23.2 Å². The second-order valence-corrected chi connectivity index (χ2v) is 5.38. The van der Waals surface area contributed by atoms with Crippen LogP contribution in [0.5, 0.6) is 5.75 Å². The third kappa shape index (κ3) is 4.61. The van der Waals surface area contributed by atoms with Crippen LogP contribution < -0.4 is 15.9 Å². The fourth-order valence-electron chi connectivity index (χ4n) is 1.80. The molecule has 0 aliphatic carbocycles. The number of nitrogens with one attached hydrogen (secondary N) is 1. The van der Waals surface area contributed by atoms with Crippen molar-refractivity contribution in [3.63, 3.8) is 0 Å². The Labute approximate surface area is 144 Å². The van der Waals surface area contributed by atoms with E-state index in [1.165, 1.54) is 6.21 Å². The van der Waals surface area contributed by atoms with Gasteiger partial charge in [-0.15, -0.1) is 0 Å². The molecular formula is C16H15Cl2N3O2. The normalized spacial score (nSPS) is 10.7. The van der Waals surface area contributed by atoms with E-state index < -0.39 is 0 Å². The Hall–Kier alpha value is -2.24. The maximum atomic E-state index is 11.9. The molecule has 23 heavy (non-hydrogen) atoms. The number of nitrogen functional groups attached to an aromatic ring is 1. The molecule has 0 bridgehead atoms. The largest absolute Gasteiger partial charge is 0.491 e. The number of carbonyl (C=O) groups is 1. The number of anilines is 1. The highest BCUT2D eigenvalue weighted by atomic mass is 35.5.